The lowest BCUT2D eigenvalue weighted by atomic mass is 10.1. The van der Waals surface area contributed by atoms with Crippen LogP contribution in [0.1, 0.15) is 44.1 Å². The summed E-state index contributed by atoms with van der Waals surface area (Å²) in [6.45, 7) is 5.18. The third-order valence-electron chi connectivity index (χ3n) is 4.14. The summed E-state index contributed by atoms with van der Waals surface area (Å²) in [6, 6.07) is 7.10. The topological polar surface area (TPSA) is 61.8 Å². The van der Waals surface area contributed by atoms with Crippen molar-refractivity contribution in [2.45, 2.75) is 50.3 Å². The molecule has 6 heteroatoms. The molecule has 0 radical (unpaired) electrons. The lowest BCUT2D eigenvalue weighted by Crippen LogP contribution is -2.08. The number of unbranched alkanes of at least 4 members (excludes halogenated alkanes) is 5. The van der Waals surface area contributed by atoms with E-state index in [1.807, 2.05) is 19.1 Å². The molecule has 0 N–H and O–H groups in total. The van der Waals surface area contributed by atoms with Gasteiger partial charge in [0.1, 0.15) is 0 Å². The van der Waals surface area contributed by atoms with Crippen LogP contribution in [0.5, 0.6) is 0 Å². The number of methoxy groups -OCH3 is 1. The summed E-state index contributed by atoms with van der Waals surface area (Å²) in [6.07, 6.45) is 6.04. The Morgan fingerprint density at radius 3 is 1.92 bits per heavy atom. The molecule has 0 atom stereocenters. The minimum atomic E-state index is -3.13. The van der Waals surface area contributed by atoms with Crippen LogP contribution in [0.2, 0.25) is 0 Å². The summed E-state index contributed by atoms with van der Waals surface area (Å²) >= 11 is 0. The molecule has 0 aliphatic heterocycles. The van der Waals surface area contributed by atoms with E-state index in [2.05, 4.69) is 0 Å². The largest absolute Gasteiger partial charge is 0.382 e. The summed E-state index contributed by atoms with van der Waals surface area (Å²) in [4.78, 5) is 0.437. The van der Waals surface area contributed by atoms with Gasteiger partial charge in [-0.3, -0.25) is 0 Å². The van der Waals surface area contributed by atoms with Gasteiger partial charge in [0, 0.05) is 13.7 Å². The van der Waals surface area contributed by atoms with E-state index in [0.717, 1.165) is 50.7 Å². The molecule has 0 aliphatic carbocycles. The zero-order chi connectivity index (χ0) is 19.1. The molecule has 0 heterocycles. The van der Waals surface area contributed by atoms with E-state index in [1.165, 1.54) is 0 Å². The van der Waals surface area contributed by atoms with Crippen LogP contribution >= 0.6 is 0 Å². The molecule has 150 valence electrons. The first-order valence-corrected chi connectivity index (χ1v) is 11.2. The second-order valence-electron chi connectivity index (χ2n) is 6.47. The van der Waals surface area contributed by atoms with Crippen LogP contribution in [0.15, 0.2) is 29.2 Å². The van der Waals surface area contributed by atoms with Gasteiger partial charge >= 0.3 is 0 Å². The SMILES string of the molecule is COCCOCCOCCCCCCCCS(=O)(=O)c1ccc(C)cc1. The molecule has 0 saturated heterocycles. The lowest BCUT2D eigenvalue weighted by molar-refractivity contribution is 0.0239. The zero-order valence-electron chi connectivity index (χ0n) is 16.2. The Balaban J connectivity index is 1.94. The second kappa shape index (κ2) is 14.2. The number of ether oxygens (including phenoxy) is 3. The number of hydrogen-bond donors (Lipinski definition) is 0. The van der Waals surface area contributed by atoms with Crippen molar-refractivity contribution in [1.82, 2.24) is 0 Å². The lowest BCUT2D eigenvalue weighted by Gasteiger charge is -2.06. The van der Waals surface area contributed by atoms with Crippen LogP contribution in [-0.4, -0.2) is 54.3 Å². The quantitative estimate of drug-likeness (QED) is 0.405. The first-order chi connectivity index (χ1) is 12.6. The monoisotopic (exact) mass is 386 g/mol. The predicted octanol–water partition coefficient (Wildman–Crippen LogP) is 3.79. The summed E-state index contributed by atoms with van der Waals surface area (Å²) < 4.78 is 40.2. The Labute approximate surface area is 159 Å². The van der Waals surface area contributed by atoms with E-state index in [9.17, 15) is 8.42 Å². The molecule has 0 spiro atoms. The molecule has 1 aromatic rings. The summed E-state index contributed by atoms with van der Waals surface area (Å²) in [5.74, 6) is 0.238. The van der Waals surface area contributed by atoms with Crippen molar-refractivity contribution in [1.29, 1.82) is 0 Å². The Morgan fingerprint density at radius 1 is 0.731 bits per heavy atom. The Bertz CT molecular complexity index is 554. The number of benzene rings is 1. The molecule has 26 heavy (non-hydrogen) atoms. The van der Waals surface area contributed by atoms with E-state index in [1.54, 1.807) is 19.2 Å². The van der Waals surface area contributed by atoms with Crippen LogP contribution in [0.3, 0.4) is 0 Å². The summed E-state index contributed by atoms with van der Waals surface area (Å²) in [7, 11) is -1.48. The molecule has 1 aromatic carbocycles. The van der Waals surface area contributed by atoms with Gasteiger partial charge in [-0.25, -0.2) is 8.42 Å². The van der Waals surface area contributed by atoms with Crippen molar-refractivity contribution in [3.8, 4) is 0 Å². The normalized spacial score (nSPS) is 11.8. The predicted molar refractivity (Wildman–Crippen MR) is 104 cm³/mol. The molecule has 0 unspecified atom stereocenters. The third kappa shape index (κ3) is 10.9. The van der Waals surface area contributed by atoms with Gasteiger partial charge in [0.15, 0.2) is 9.84 Å². The maximum atomic E-state index is 12.2. The first-order valence-electron chi connectivity index (χ1n) is 9.50. The van der Waals surface area contributed by atoms with Gasteiger partial charge in [0.2, 0.25) is 0 Å². The number of hydrogen-bond acceptors (Lipinski definition) is 5. The van der Waals surface area contributed by atoms with E-state index >= 15 is 0 Å². The van der Waals surface area contributed by atoms with Crippen molar-refractivity contribution in [3.63, 3.8) is 0 Å². The van der Waals surface area contributed by atoms with Crippen molar-refractivity contribution in [3.05, 3.63) is 29.8 Å². The smallest absolute Gasteiger partial charge is 0.178 e. The average Bonchev–Trinajstić information content (AvgIpc) is 2.62. The minimum absolute atomic E-state index is 0.238. The highest BCUT2D eigenvalue weighted by Gasteiger charge is 2.13. The summed E-state index contributed by atoms with van der Waals surface area (Å²) in [5.41, 5.74) is 1.08. The molecule has 1 rings (SSSR count). The van der Waals surface area contributed by atoms with Crippen LogP contribution in [0.4, 0.5) is 0 Å². The summed E-state index contributed by atoms with van der Waals surface area (Å²) in [5, 5.41) is 0. The standard InChI is InChI=1S/C20H34O5S/c1-19-9-11-20(12-10-19)26(21,22)18-8-6-4-3-5-7-13-24-16-17-25-15-14-23-2/h9-12H,3-8,13-18H2,1-2H3. The highest BCUT2D eigenvalue weighted by atomic mass is 32.2. The Hall–Kier alpha value is -0.950. The number of aryl methyl sites for hydroxylation is 1. The van der Waals surface area contributed by atoms with E-state index in [0.29, 0.717) is 31.3 Å². The number of sulfone groups is 1. The molecular weight excluding hydrogens is 352 g/mol. The van der Waals surface area contributed by atoms with E-state index in [4.69, 9.17) is 14.2 Å². The van der Waals surface area contributed by atoms with E-state index in [-0.39, 0.29) is 5.75 Å². The van der Waals surface area contributed by atoms with Gasteiger partial charge in [-0.2, -0.15) is 0 Å². The molecule has 0 aliphatic rings. The zero-order valence-corrected chi connectivity index (χ0v) is 17.1. The molecule has 0 amide bonds. The third-order valence-corrected chi connectivity index (χ3v) is 5.95. The molecular formula is C20H34O5S. The second-order valence-corrected chi connectivity index (χ2v) is 8.58. The van der Waals surface area contributed by atoms with Gasteiger partial charge in [-0.1, -0.05) is 43.4 Å². The average molecular weight is 387 g/mol. The Morgan fingerprint density at radius 2 is 1.27 bits per heavy atom. The maximum absolute atomic E-state index is 12.2. The van der Waals surface area contributed by atoms with Gasteiger partial charge in [0.05, 0.1) is 37.1 Å². The highest BCUT2D eigenvalue weighted by molar-refractivity contribution is 7.91. The fourth-order valence-corrected chi connectivity index (χ4v) is 3.90. The molecule has 0 bridgehead atoms. The highest BCUT2D eigenvalue weighted by Crippen LogP contribution is 2.15. The van der Waals surface area contributed by atoms with Crippen LogP contribution < -0.4 is 0 Å². The van der Waals surface area contributed by atoms with Crippen molar-refractivity contribution in [2.75, 3.05) is 45.9 Å². The molecule has 0 saturated carbocycles. The van der Waals surface area contributed by atoms with Crippen molar-refractivity contribution >= 4 is 9.84 Å². The fraction of sp³-hybridized carbons (Fsp3) is 0.700. The molecule has 0 fully saturated rings. The van der Waals surface area contributed by atoms with Crippen LogP contribution in [0.25, 0.3) is 0 Å². The maximum Gasteiger partial charge on any atom is 0.178 e. The van der Waals surface area contributed by atoms with Crippen LogP contribution in [0, 0.1) is 6.92 Å². The molecule has 5 nitrogen and oxygen atoms in total. The first kappa shape index (κ1) is 23.1. The fourth-order valence-electron chi connectivity index (χ4n) is 2.53. The van der Waals surface area contributed by atoms with Crippen molar-refractivity contribution < 1.29 is 22.6 Å². The van der Waals surface area contributed by atoms with Gasteiger partial charge in [-0.15, -0.1) is 0 Å². The Kier molecular flexibility index (Phi) is 12.6. The molecule has 0 aromatic heterocycles. The van der Waals surface area contributed by atoms with E-state index < -0.39 is 9.84 Å². The van der Waals surface area contributed by atoms with Crippen molar-refractivity contribution in [2.24, 2.45) is 0 Å². The van der Waals surface area contributed by atoms with Gasteiger partial charge < -0.3 is 14.2 Å². The van der Waals surface area contributed by atoms with Gasteiger partial charge in [-0.05, 0) is 31.9 Å². The number of rotatable bonds is 16. The van der Waals surface area contributed by atoms with Crippen LogP contribution in [-0.2, 0) is 24.0 Å². The minimum Gasteiger partial charge on any atom is -0.382 e. The van der Waals surface area contributed by atoms with Gasteiger partial charge in [0.25, 0.3) is 0 Å².